The number of hydrogen-bond acceptors (Lipinski definition) is 1. The zero-order valence-corrected chi connectivity index (χ0v) is 7.47. The Hall–Kier alpha value is -1.26. The Labute approximate surface area is 76.9 Å². The largest absolute Gasteiger partial charge is 0.192 e. The van der Waals surface area contributed by atoms with Gasteiger partial charge in [-0.15, -0.1) is 0 Å². The molecule has 0 amide bonds. The van der Waals surface area contributed by atoms with Crippen LogP contribution < -0.4 is 0 Å². The predicted molar refractivity (Wildman–Crippen MR) is 50.5 cm³/mol. The Balaban J connectivity index is 3.17. The molecule has 0 aliphatic heterocycles. The summed E-state index contributed by atoms with van der Waals surface area (Å²) in [6.07, 6.45) is 0. The van der Waals surface area contributed by atoms with Crippen LogP contribution in [-0.4, -0.2) is 0 Å². The van der Waals surface area contributed by atoms with Crippen molar-refractivity contribution in [1.29, 1.82) is 5.26 Å². The number of nitrogens with zero attached hydrogens (tertiary/aromatic N) is 1. The number of allylic oxidation sites excluding steroid dienone is 2. The highest BCUT2D eigenvalue weighted by Gasteiger charge is 2.01. The van der Waals surface area contributed by atoms with Gasteiger partial charge in [0, 0.05) is 5.03 Å². The van der Waals surface area contributed by atoms with E-state index in [9.17, 15) is 0 Å². The first-order valence-electron chi connectivity index (χ1n) is 3.57. The molecule has 0 aliphatic carbocycles. The summed E-state index contributed by atoms with van der Waals surface area (Å²) in [6.45, 7) is 1.72. The summed E-state index contributed by atoms with van der Waals surface area (Å²) >= 11 is 5.74. The van der Waals surface area contributed by atoms with E-state index in [1.54, 1.807) is 6.92 Å². The Kier molecular flexibility index (Phi) is 2.90. The van der Waals surface area contributed by atoms with Crippen LogP contribution in [0.4, 0.5) is 0 Å². The van der Waals surface area contributed by atoms with E-state index in [-0.39, 0.29) is 0 Å². The summed E-state index contributed by atoms with van der Waals surface area (Å²) in [5, 5.41) is 9.29. The minimum absolute atomic E-state index is 0.531. The molecule has 0 atom stereocenters. The molecule has 0 spiro atoms. The minimum atomic E-state index is 0.531. The third-order valence-electron chi connectivity index (χ3n) is 1.52. The second-order valence-electron chi connectivity index (χ2n) is 2.39. The van der Waals surface area contributed by atoms with Gasteiger partial charge >= 0.3 is 0 Å². The van der Waals surface area contributed by atoms with Gasteiger partial charge in [0.15, 0.2) is 0 Å². The molecule has 1 rings (SSSR count). The summed E-state index contributed by atoms with van der Waals surface area (Å²) in [5.41, 5.74) is 1.41. The molecule has 0 heterocycles. The van der Waals surface area contributed by atoms with E-state index >= 15 is 0 Å². The lowest BCUT2D eigenvalue weighted by atomic mass is 10.1. The molecular formula is C10H8ClN. The Morgan fingerprint density at radius 2 is 1.92 bits per heavy atom. The van der Waals surface area contributed by atoms with Crippen LogP contribution in [0.25, 0.3) is 5.57 Å². The molecular weight excluding hydrogens is 170 g/mol. The molecule has 1 aromatic rings. The molecule has 0 fully saturated rings. The molecule has 0 aromatic heterocycles. The van der Waals surface area contributed by atoms with Gasteiger partial charge in [-0.2, -0.15) is 5.26 Å². The van der Waals surface area contributed by atoms with E-state index in [1.165, 1.54) is 0 Å². The van der Waals surface area contributed by atoms with Gasteiger partial charge in [-0.05, 0) is 12.5 Å². The molecule has 0 aliphatic rings. The summed E-state index contributed by atoms with van der Waals surface area (Å²) in [6, 6.07) is 11.5. The molecule has 0 radical (unpaired) electrons. The van der Waals surface area contributed by atoms with Crippen molar-refractivity contribution in [2.75, 3.05) is 0 Å². The zero-order chi connectivity index (χ0) is 8.97. The van der Waals surface area contributed by atoms with Crippen molar-refractivity contribution >= 4 is 17.2 Å². The third-order valence-corrected chi connectivity index (χ3v) is 1.71. The molecule has 1 nitrogen and oxygen atoms in total. The smallest absolute Gasteiger partial charge is 0.101 e. The summed E-state index contributed by atoms with van der Waals surface area (Å²) < 4.78 is 0. The molecule has 60 valence electrons. The molecule has 0 unspecified atom stereocenters. The first-order valence-corrected chi connectivity index (χ1v) is 3.95. The van der Waals surface area contributed by atoms with E-state index in [1.807, 2.05) is 30.3 Å². The molecule has 0 bridgehead atoms. The van der Waals surface area contributed by atoms with E-state index in [0.717, 1.165) is 5.56 Å². The lowest BCUT2D eigenvalue weighted by Crippen LogP contribution is -1.81. The summed E-state index contributed by atoms with van der Waals surface area (Å²) in [4.78, 5) is 0. The monoisotopic (exact) mass is 177 g/mol. The van der Waals surface area contributed by atoms with Crippen LogP contribution in [0.2, 0.25) is 0 Å². The van der Waals surface area contributed by atoms with Crippen molar-refractivity contribution in [3.63, 3.8) is 0 Å². The summed E-state index contributed by atoms with van der Waals surface area (Å²) in [7, 11) is 0. The summed E-state index contributed by atoms with van der Waals surface area (Å²) in [5.74, 6) is 0. The van der Waals surface area contributed by atoms with Crippen molar-refractivity contribution in [3.05, 3.63) is 40.9 Å². The van der Waals surface area contributed by atoms with Gasteiger partial charge in [-0.25, -0.2) is 0 Å². The number of hydrogen-bond donors (Lipinski definition) is 0. The van der Waals surface area contributed by atoms with Crippen LogP contribution in [-0.2, 0) is 0 Å². The van der Waals surface area contributed by atoms with E-state index in [2.05, 4.69) is 6.07 Å². The van der Waals surface area contributed by atoms with Crippen LogP contribution in [0.15, 0.2) is 35.4 Å². The molecule has 0 N–H and O–H groups in total. The minimum Gasteiger partial charge on any atom is -0.192 e. The fraction of sp³-hybridized carbons (Fsp3) is 0.100. The van der Waals surface area contributed by atoms with Crippen LogP contribution in [0, 0.1) is 11.3 Å². The van der Waals surface area contributed by atoms with Crippen molar-refractivity contribution in [3.8, 4) is 6.07 Å². The Bertz CT molecular complexity index is 329. The highest BCUT2D eigenvalue weighted by molar-refractivity contribution is 6.33. The fourth-order valence-corrected chi connectivity index (χ4v) is 1.10. The van der Waals surface area contributed by atoms with Crippen LogP contribution >= 0.6 is 11.6 Å². The topological polar surface area (TPSA) is 23.8 Å². The maximum Gasteiger partial charge on any atom is 0.101 e. The predicted octanol–water partition coefficient (Wildman–Crippen LogP) is 3.18. The van der Waals surface area contributed by atoms with E-state index in [4.69, 9.17) is 16.9 Å². The Morgan fingerprint density at radius 3 is 2.33 bits per heavy atom. The quantitative estimate of drug-likeness (QED) is 0.605. The van der Waals surface area contributed by atoms with E-state index < -0.39 is 0 Å². The average Bonchev–Trinajstić information content (AvgIpc) is 2.07. The number of halogens is 1. The molecule has 0 saturated carbocycles. The van der Waals surface area contributed by atoms with Crippen molar-refractivity contribution < 1.29 is 0 Å². The van der Waals surface area contributed by atoms with Gasteiger partial charge in [0.05, 0.1) is 5.57 Å². The first-order chi connectivity index (χ1) is 5.75. The van der Waals surface area contributed by atoms with Gasteiger partial charge in [0.2, 0.25) is 0 Å². The van der Waals surface area contributed by atoms with Crippen molar-refractivity contribution in [2.45, 2.75) is 6.92 Å². The molecule has 1 aromatic carbocycles. The lowest BCUT2D eigenvalue weighted by Gasteiger charge is -1.97. The lowest BCUT2D eigenvalue weighted by molar-refractivity contribution is 1.50. The van der Waals surface area contributed by atoms with Crippen LogP contribution in [0.5, 0.6) is 0 Å². The van der Waals surface area contributed by atoms with Crippen LogP contribution in [0.3, 0.4) is 0 Å². The SMILES string of the molecule is CC(Cl)=C(C#N)c1ccccc1. The van der Waals surface area contributed by atoms with Gasteiger partial charge in [-0.1, -0.05) is 41.9 Å². The highest BCUT2D eigenvalue weighted by atomic mass is 35.5. The maximum atomic E-state index is 8.76. The standard InChI is InChI=1S/C10H8ClN/c1-8(11)10(7-12)9-5-3-2-4-6-9/h2-6H,1H3. The number of benzene rings is 1. The van der Waals surface area contributed by atoms with Crippen LogP contribution in [0.1, 0.15) is 12.5 Å². The Morgan fingerprint density at radius 1 is 1.33 bits per heavy atom. The maximum absolute atomic E-state index is 8.76. The number of rotatable bonds is 1. The zero-order valence-electron chi connectivity index (χ0n) is 6.71. The van der Waals surface area contributed by atoms with Gasteiger partial charge in [0.25, 0.3) is 0 Å². The number of nitriles is 1. The molecule has 0 saturated heterocycles. The second-order valence-corrected chi connectivity index (χ2v) is 2.95. The first kappa shape index (κ1) is 8.83. The molecule has 2 heteroatoms. The fourth-order valence-electron chi connectivity index (χ4n) is 0.945. The van der Waals surface area contributed by atoms with E-state index in [0.29, 0.717) is 10.6 Å². The third kappa shape index (κ3) is 1.87. The van der Waals surface area contributed by atoms with Crippen molar-refractivity contribution in [1.82, 2.24) is 0 Å². The normalized spacial score (nSPS) is 11.8. The average molecular weight is 178 g/mol. The highest BCUT2D eigenvalue weighted by Crippen LogP contribution is 2.19. The van der Waals surface area contributed by atoms with Gasteiger partial charge in [0.1, 0.15) is 6.07 Å². The molecule has 12 heavy (non-hydrogen) atoms. The van der Waals surface area contributed by atoms with Gasteiger partial charge in [-0.3, -0.25) is 0 Å². The van der Waals surface area contributed by atoms with Crippen molar-refractivity contribution in [2.24, 2.45) is 0 Å². The second kappa shape index (κ2) is 3.94. The van der Waals surface area contributed by atoms with Gasteiger partial charge < -0.3 is 0 Å².